The molecular formula is C26H33N3O2. The molecule has 0 radical (unpaired) electrons. The molecule has 2 aromatic carbocycles. The Kier molecular flexibility index (Phi) is 7.64. The molecule has 0 spiro atoms. The Balaban J connectivity index is 1.81. The molecule has 1 amide bonds. The largest absolute Gasteiger partial charge is 0.447 e. The van der Waals surface area contributed by atoms with Crippen molar-refractivity contribution in [2.45, 2.75) is 53.8 Å². The molecular weight excluding hydrogens is 386 g/mol. The normalized spacial score (nSPS) is 12.4. The van der Waals surface area contributed by atoms with Gasteiger partial charge in [-0.1, -0.05) is 67.9 Å². The van der Waals surface area contributed by atoms with Gasteiger partial charge in [-0.25, -0.2) is 4.98 Å². The highest BCUT2D eigenvalue weighted by molar-refractivity contribution is 5.91. The molecule has 1 N–H and O–H groups in total. The van der Waals surface area contributed by atoms with E-state index in [1.165, 1.54) is 28.5 Å². The first-order valence-electron chi connectivity index (χ1n) is 10.9. The van der Waals surface area contributed by atoms with Gasteiger partial charge in [-0.05, 0) is 43.4 Å². The van der Waals surface area contributed by atoms with Gasteiger partial charge in [0, 0.05) is 19.1 Å². The average Bonchev–Trinajstić information content (AvgIpc) is 3.23. The fourth-order valence-corrected chi connectivity index (χ4v) is 3.51. The summed E-state index contributed by atoms with van der Waals surface area (Å²) in [5.74, 6) is 0.735. The summed E-state index contributed by atoms with van der Waals surface area (Å²) in [5.41, 5.74) is 5.35. The second-order valence-electron chi connectivity index (χ2n) is 8.65. The van der Waals surface area contributed by atoms with E-state index in [4.69, 9.17) is 4.42 Å². The number of rotatable bonds is 9. The number of hydrogen-bond donors (Lipinski definition) is 1. The predicted molar refractivity (Wildman–Crippen MR) is 124 cm³/mol. The Hall–Kier alpha value is -2.92. The number of aryl methyl sites for hydroxylation is 2. The number of nitrogens with zero attached hydrogens (tertiary/aromatic N) is 2. The molecule has 0 aliphatic rings. The summed E-state index contributed by atoms with van der Waals surface area (Å²) in [6, 6.07) is 17.1. The topological polar surface area (TPSA) is 58.4 Å². The molecule has 1 aromatic heterocycles. The quantitative estimate of drug-likeness (QED) is 0.502. The Morgan fingerprint density at radius 3 is 2.52 bits per heavy atom. The van der Waals surface area contributed by atoms with Gasteiger partial charge in [0.1, 0.15) is 6.26 Å². The highest BCUT2D eigenvalue weighted by Gasteiger charge is 2.21. The minimum absolute atomic E-state index is 0.159. The summed E-state index contributed by atoms with van der Waals surface area (Å²) in [7, 11) is 0. The van der Waals surface area contributed by atoms with Crippen molar-refractivity contribution < 1.29 is 9.21 Å². The number of aromatic nitrogens is 1. The van der Waals surface area contributed by atoms with Crippen molar-refractivity contribution in [1.82, 2.24) is 15.2 Å². The van der Waals surface area contributed by atoms with Crippen LogP contribution in [0.25, 0.3) is 0 Å². The molecule has 0 saturated heterocycles. The molecule has 164 valence electrons. The molecule has 0 aliphatic carbocycles. The number of carbonyl (C=O) groups excluding carboxylic acids is 1. The molecule has 0 bridgehead atoms. The van der Waals surface area contributed by atoms with Crippen LogP contribution in [-0.4, -0.2) is 22.3 Å². The highest BCUT2D eigenvalue weighted by Crippen LogP contribution is 2.26. The fraction of sp³-hybridized carbons (Fsp3) is 0.385. The van der Waals surface area contributed by atoms with Crippen molar-refractivity contribution in [3.8, 4) is 0 Å². The summed E-state index contributed by atoms with van der Waals surface area (Å²) < 4.78 is 5.69. The van der Waals surface area contributed by atoms with Crippen LogP contribution in [0.1, 0.15) is 65.4 Å². The van der Waals surface area contributed by atoms with Gasteiger partial charge >= 0.3 is 0 Å². The van der Waals surface area contributed by atoms with Gasteiger partial charge in [-0.2, -0.15) is 0 Å². The molecule has 0 unspecified atom stereocenters. The maximum Gasteiger partial charge on any atom is 0.273 e. The van der Waals surface area contributed by atoms with Crippen molar-refractivity contribution >= 4 is 5.91 Å². The lowest BCUT2D eigenvalue weighted by molar-refractivity contribution is 0.0944. The van der Waals surface area contributed by atoms with E-state index < -0.39 is 0 Å². The zero-order valence-electron chi connectivity index (χ0n) is 19.2. The number of nitrogens with one attached hydrogen (secondary N) is 1. The van der Waals surface area contributed by atoms with Crippen LogP contribution in [-0.2, 0) is 13.1 Å². The molecule has 5 heteroatoms. The number of carbonyl (C=O) groups is 1. The monoisotopic (exact) mass is 419 g/mol. The lowest BCUT2D eigenvalue weighted by Crippen LogP contribution is -2.28. The van der Waals surface area contributed by atoms with Crippen LogP contribution in [0.3, 0.4) is 0 Å². The molecule has 1 heterocycles. The maximum atomic E-state index is 12.3. The summed E-state index contributed by atoms with van der Waals surface area (Å²) in [5, 5.41) is 2.89. The zero-order chi connectivity index (χ0) is 22.4. The number of hydrogen-bond acceptors (Lipinski definition) is 4. The van der Waals surface area contributed by atoms with Crippen LogP contribution < -0.4 is 5.32 Å². The lowest BCUT2D eigenvalue weighted by Gasteiger charge is -2.29. The average molecular weight is 420 g/mol. The van der Waals surface area contributed by atoms with E-state index in [0.717, 1.165) is 6.54 Å². The molecule has 5 nitrogen and oxygen atoms in total. The van der Waals surface area contributed by atoms with E-state index in [9.17, 15) is 4.79 Å². The highest BCUT2D eigenvalue weighted by atomic mass is 16.3. The molecule has 0 fully saturated rings. The third-order valence-electron chi connectivity index (χ3n) is 5.50. The molecule has 3 aromatic rings. The molecule has 1 atom stereocenters. The summed E-state index contributed by atoms with van der Waals surface area (Å²) in [6.07, 6.45) is 1.45. The van der Waals surface area contributed by atoms with Crippen molar-refractivity contribution in [3.63, 3.8) is 0 Å². The van der Waals surface area contributed by atoms with Gasteiger partial charge < -0.3 is 9.73 Å². The van der Waals surface area contributed by atoms with Gasteiger partial charge in [0.05, 0.1) is 6.54 Å². The predicted octanol–water partition coefficient (Wildman–Crippen LogP) is 5.44. The van der Waals surface area contributed by atoms with Crippen LogP contribution in [0, 0.1) is 19.8 Å². The summed E-state index contributed by atoms with van der Waals surface area (Å²) >= 11 is 0. The van der Waals surface area contributed by atoms with Gasteiger partial charge in [0.25, 0.3) is 5.91 Å². The van der Waals surface area contributed by atoms with Crippen molar-refractivity contribution in [2.24, 2.45) is 5.92 Å². The van der Waals surface area contributed by atoms with Crippen LogP contribution in [0.2, 0.25) is 0 Å². The first kappa shape index (κ1) is 22.8. The smallest absolute Gasteiger partial charge is 0.273 e. The van der Waals surface area contributed by atoms with Crippen LogP contribution in [0.5, 0.6) is 0 Å². The van der Waals surface area contributed by atoms with Crippen molar-refractivity contribution in [2.75, 3.05) is 6.54 Å². The second-order valence-corrected chi connectivity index (χ2v) is 8.65. The first-order valence-corrected chi connectivity index (χ1v) is 10.9. The third kappa shape index (κ3) is 6.28. The summed E-state index contributed by atoms with van der Waals surface area (Å²) in [6.45, 7) is 12.5. The Morgan fingerprint density at radius 1 is 1.06 bits per heavy atom. The van der Waals surface area contributed by atoms with Crippen LogP contribution >= 0.6 is 0 Å². The number of oxazole rings is 1. The van der Waals surface area contributed by atoms with Crippen LogP contribution in [0.4, 0.5) is 0 Å². The molecule has 31 heavy (non-hydrogen) atoms. The number of benzene rings is 2. The van der Waals surface area contributed by atoms with E-state index in [1.807, 2.05) is 6.07 Å². The maximum absolute atomic E-state index is 12.3. The Bertz CT molecular complexity index is 995. The standard InChI is InChI=1S/C26H33N3O2/c1-18(2)14-27-26(30)24-17-31-25(28-24)16-29(21(5)22-9-7-6-8-10-22)15-23-13-19(3)11-12-20(23)4/h6-13,17-18,21H,14-16H2,1-5H3,(H,27,30)/t21-/m0/s1. The third-order valence-corrected chi connectivity index (χ3v) is 5.50. The fourth-order valence-electron chi connectivity index (χ4n) is 3.51. The molecule has 3 rings (SSSR count). The Morgan fingerprint density at radius 2 is 1.81 bits per heavy atom. The van der Waals surface area contributed by atoms with E-state index >= 15 is 0 Å². The Labute approximate surface area is 185 Å². The first-order chi connectivity index (χ1) is 14.8. The second kappa shape index (κ2) is 10.4. The zero-order valence-corrected chi connectivity index (χ0v) is 19.2. The number of amides is 1. The van der Waals surface area contributed by atoms with Crippen LogP contribution in [0.15, 0.2) is 59.2 Å². The van der Waals surface area contributed by atoms with E-state index in [-0.39, 0.29) is 11.9 Å². The van der Waals surface area contributed by atoms with Crippen molar-refractivity contribution in [1.29, 1.82) is 0 Å². The molecule has 0 aliphatic heterocycles. The summed E-state index contributed by atoms with van der Waals surface area (Å²) in [4.78, 5) is 19.1. The minimum atomic E-state index is -0.194. The SMILES string of the molecule is Cc1ccc(C)c(CN(Cc2nc(C(=O)NCC(C)C)co2)[C@@H](C)c2ccccc2)c1. The molecule has 0 saturated carbocycles. The van der Waals surface area contributed by atoms with Gasteiger partial charge in [-0.3, -0.25) is 9.69 Å². The van der Waals surface area contributed by atoms with E-state index in [1.54, 1.807) is 0 Å². The van der Waals surface area contributed by atoms with Gasteiger partial charge in [-0.15, -0.1) is 0 Å². The van der Waals surface area contributed by atoms with E-state index in [0.29, 0.717) is 30.6 Å². The lowest BCUT2D eigenvalue weighted by atomic mass is 10.0. The van der Waals surface area contributed by atoms with Gasteiger partial charge in [0.2, 0.25) is 5.89 Å². The van der Waals surface area contributed by atoms with E-state index in [2.05, 4.69) is 92.3 Å². The van der Waals surface area contributed by atoms with Crippen molar-refractivity contribution in [3.05, 3.63) is 88.6 Å². The van der Waals surface area contributed by atoms with Gasteiger partial charge in [0.15, 0.2) is 5.69 Å². The minimum Gasteiger partial charge on any atom is -0.447 e.